The van der Waals surface area contributed by atoms with Crippen LogP contribution >= 0.6 is 11.3 Å². The molecule has 0 amide bonds. The smallest absolute Gasteiger partial charge is 0.252 e. The van der Waals surface area contributed by atoms with Gasteiger partial charge in [-0.2, -0.15) is 9.57 Å². The maximum absolute atomic E-state index is 12.7. The quantitative estimate of drug-likeness (QED) is 0.783. The number of ether oxygens (including phenoxy) is 1. The molecule has 0 bridgehead atoms. The van der Waals surface area contributed by atoms with Crippen molar-refractivity contribution in [2.24, 2.45) is 0 Å². The molecule has 1 aliphatic rings. The molecule has 3 rings (SSSR count). The molecular weight excluding hydrogens is 370 g/mol. The summed E-state index contributed by atoms with van der Waals surface area (Å²) in [7, 11) is -1.86. The molecule has 0 saturated carbocycles. The van der Waals surface area contributed by atoms with Gasteiger partial charge in [0, 0.05) is 31.1 Å². The maximum atomic E-state index is 12.7. The van der Waals surface area contributed by atoms with Crippen LogP contribution in [0.2, 0.25) is 0 Å². The highest BCUT2D eigenvalue weighted by atomic mass is 32.2. The number of nitrogens with zero attached hydrogens (tertiary/aromatic N) is 3. The van der Waals surface area contributed by atoms with E-state index in [4.69, 9.17) is 4.74 Å². The number of hydrogen-bond donors (Lipinski definition) is 0. The summed E-state index contributed by atoms with van der Waals surface area (Å²) in [6, 6.07) is 12.8. The molecule has 0 aliphatic carbocycles. The highest BCUT2D eigenvalue weighted by molar-refractivity contribution is 7.91. The van der Waals surface area contributed by atoms with Crippen LogP contribution in [0.4, 0.5) is 0 Å². The van der Waals surface area contributed by atoms with Gasteiger partial charge in [0.05, 0.1) is 13.2 Å². The van der Waals surface area contributed by atoms with Crippen molar-refractivity contribution < 1.29 is 13.2 Å². The van der Waals surface area contributed by atoms with Gasteiger partial charge in [-0.25, -0.2) is 8.42 Å². The number of rotatable bonds is 5. The minimum atomic E-state index is -3.45. The van der Waals surface area contributed by atoms with Gasteiger partial charge in [-0.15, -0.1) is 11.3 Å². The van der Waals surface area contributed by atoms with E-state index >= 15 is 0 Å². The van der Waals surface area contributed by atoms with Gasteiger partial charge in [-0.3, -0.25) is 4.90 Å². The molecule has 1 saturated heterocycles. The molecule has 1 fully saturated rings. The van der Waals surface area contributed by atoms with Gasteiger partial charge in [-0.1, -0.05) is 12.1 Å². The lowest BCUT2D eigenvalue weighted by Gasteiger charge is -2.36. The lowest BCUT2D eigenvalue weighted by atomic mass is 10.1. The Balaban J connectivity index is 1.72. The first kappa shape index (κ1) is 18.9. The zero-order chi connectivity index (χ0) is 18.7. The number of thiophene rings is 1. The minimum Gasteiger partial charge on any atom is -0.497 e. The topological polar surface area (TPSA) is 73.6 Å². The maximum Gasteiger partial charge on any atom is 0.252 e. The Morgan fingerprint density at radius 1 is 1.19 bits per heavy atom. The van der Waals surface area contributed by atoms with E-state index < -0.39 is 16.1 Å². The Labute approximate surface area is 158 Å². The molecule has 1 aliphatic heterocycles. The van der Waals surface area contributed by atoms with E-state index in [9.17, 15) is 13.7 Å². The first-order valence-corrected chi connectivity index (χ1v) is 10.6. The summed E-state index contributed by atoms with van der Waals surface area (Å²) in [5, 5.41) is 9.64. The van der Waals surface area contributed by atoms with Crippen LogP contribution in [0.15, 0.2) is 40.6 Å². The third-order valence-electron chi connectivity index (χ3n) is 4.48. The molecule has 6 nitrogen and oxygen atoms in total. The van der Waals surface area contributed by atoms with Crippen molar-refractivity contribution in [2.75, 3.05) is 33.3 Å². The number of nitriles is 1. The summed E-state index contributed by atoms with van der Waals surface area (Å²) >= 11 is 1.29. The van der Waals surface area contributed by atoms with Gasteiger partial charge in [0.15, 0.2) is 0 Å². The second kappa shape index (κ2) is 7.76. The van der Waals surface area contributed by atoms with E-state index in [0.29, 0.717) is 36.1 Å². The Hall–Kier alpha value is -1.92. The highest BCUT2D eigenvalue weighted by Crippen LogP contribution is 2.28. The van der Waals surface area contributed by atoms with Gasteiger partial charge in [0.2, 0.25) is 0 Å². The van der Waals surface area contributed by atoms with Gasteiger partial charge < -0.3 is 4.74 Å². The Bertz CT molecular complexity index is 910. The molecule has 1 aromatic heterocycles. The standard InChI is InChI=1S/C18H21N3O3S2/c1-14-6-7-18(25-14)26(22,23)21-10-8-20(9-11-21)17(13-19)15-4-3-5-16(12-15)24-2/h3-7,12,17H,8-11H2,1-2H3. The molecule has 2 aromatic rings. The molecule has 0 N–H and O–H groups in total. The summed E-state index contributed by atoms with van der Waals surface area (Å²) in [6.45, 7) is 3.67. The minimum absolute atomic E-state index is 0.376. The van der Waals surface area contributed by atoms with Crippen LogP contribution in [0.1, 0.15) is 16.5 Å². The Morgan fingerprint density at radius 3 is 2.50 bits per heavy atom. The molecule has 26 heavy (non-hydrogen) atoms. The van der Waals surface area contributed by atoms with Gasteiger partial charge in [0.25, 0.3) is 10.0 Å². The average molecular weight is 392 g/mol. The fourth-order valence-electron chi connectivity index (χ4n) is 3.06. The zero-order valence-corrected chi connectivity index (χ0v) is 16.4. The zero-order valence-electron chi connectivity index (χ0n) is 14.8. The number of methoxy groups -OCH3 is 1. The van der Waals surface area contributed by atoms with Crippen molar-refractivity contribution in [3.63, 3.8) is 0 Å². The number of sulfonamides is 1. The van der Waals surface area contributed by atoms with Crippen LogP contribution in [0.25, 0.3) is 0 Å². The Kier molecular flexibility index (Phi) is 5.63. The van der Waals surface area contributed by atoms with E-state index in [1.165, 1.54) is 15.6 Å². The number of benzene rings is 1. The van der Waals surface area contributed by atoms with E-state index in [1.807, 2.05) is 42.2 Å². The normalized spacial score (nSPS) is 17.6. The summed E-state index contributed by atoms with van der Waals surface area (Å²) in [6.07, 6.45) is 0. The van der Waals surface area contributed by atoms with Crippen molar-refractivity contribution in [1.82, 2.24) is 9.21 Å². The highest BCUT2D eigenvalue weighted by Gasteiger charge is 2.32. The lowest BCUT2D eigenvalue weighted by molar-refractivity contribution is 0.162. The molecule has 0 radical (unpaired) electrons. The SMILES string of the molecule is COc1cccc(C(C#N)N2CCN(S(=O)(=O)c3ccc(C)s3)CC2)c1. The fourth-order valence-corrected chi connectivity index (χ4v) is 5.92. The molecule has 2 heterocycles. The van der Waals surface area contributed by atoms with E-state index in [-0.39, 0.29) is 0 Å². The van der Waals surface area contributed by atoms with Crippen molar-refractivity contribution >= 4 is 21.4 Å². The van der Waals surface area contributed by atoms with E-state index in [1.54, 1.807) is 13.2 Å². The summed E-state index contributed by atoms with van der Waals surface area (Å²) < 4.78 is 32.6. The van der Waals surface area contributed by atoms with Crippen LogP contribution in [-0.4, -0.2) is 50.9 Å². The predicted octanol–water partition coefficient (Wildman–Crippen LogP) is 2.64. The van der Waals surface area contributed by atoms with E-state index in [2.05, 4.69) is 6.07 Å². The molecule has 8 heteroatoms. The van der Waals surface area contributed by atoms with Crippen LogP contribution in [-0.2, 0) is 10.0 Å². The summed E-state index contributed by atoms with van der Waals surface area (Å²) in [4.78, 5) is 2.99. The summed E-state index contributed by atoms with van der Waals surface area (Å²) in [5.41, 5.74) is 0.858. The van der Waals surface area contributed by atoms with Crippen molar-refractivity contribution in [3.8, 4) is 11.8 Å². The third-order valence-corrected chi connectivity index (χ3v) is 7.85. The second-order valence-electron chi connectivity index (χ2n) is 6.11. The van der Waals surface area contributed by atoms with Gasteiger partial charge in [-0.05, 0) is 36.8 Å². The fraction of sp³-hybridized carbons (Fsp3) is 0.389. The lowest BCUT2D eigenvalue weighted by Crippen LogP contribution is -2.49. The molecule has 0 spiro atoms. The van der Waals surface area contributed by atoms with Crippen LogP contribution in [0.5, 0.6) is 5.75 Å². The molecular formula is C18H21N3O3S2. The second-order valence-corrected chi connectivity index (χ2v) is 9.57. The summed E-state index contributed by atoms with van der Waals surface area (Å²) in [5.74, 6) is 0.706. The number of hydrogen-bond acceptors (Lipinski definition) is 6. The third kappa shape index (κ3) is 3.76. The number of piperazine rings is 1. The van der Waals surface area contributed by atoms with Crippen LogP contribution in [0, 0.1) is 18.3 Å². The first-order valence-electron chi connectivity index (χ1n) is 8.30. The van der Waals surface area contributed by atoms with Crippen LogP contribution in [0.3, 0.4) is 0 Å². The van der Waals surface area contributed by atoms with Crippen molar-refractivity contribution in [1.29, 1.82) is 5.26 Å². The first-order chi connectivity index (χ1) is 12.5. The predicted molar refractivity (Wildman–Crippen MR) is 101 cm³/mol. The molecule has 1 atom stereocenters. The number of aryl methyl sites for hydroxylation is 1. The van der Waals surface area contributed by atoms with Crippen LogP contribution < -0.4 is 4.74 Å². The largest absolute Gasteiger partial charge is 0.497 e. The Morgan fingerprint density at radius 2 is 1.92 bits per heavy atom. The monoisotopic (exact) mass is 391 g/mol. The average Bonchev–Trinajstić information content (AvgIpc) is 3.10. The van der Waals surface area contributed by atoms with E-state index in [0.717, 1.165) is 10.4 Å². The molecule has 1 aromatic carbocycles. The van der Waals surface area contributed by atoms with Crippen molar-refractivity contribution in [3.05, 3.63) is 46.8 Å². The van der Waals surface area contributed by atoms with Gasteiger partial charge >= 0.3 is 0 Å². The van der Waals surface area contributed by atoms with Crippen molar-refractivity contribution in [2.45, 2.75) is 17.2 Å². The molecule has 138 valence electrons. The molecule has 1 unspecified atom stereocenters. The van der Waals surface area contributed by atoms with Gasteiger partial charge in [0.1, 0.15) is 16.0 Å².